The van der Waals surface area contributed by atoms with Gasteiger partial charge in [-0.25, -0.2) is 4.79 Å². The number of nitrogens with one attached hydrogen (secondary N) is 3. The molecule has 0 aliphatic rings. The lowest BCUT2D eigenvalue weighted by Gasteiger charge is -2.19. The lowest BCUT2D eigenvalue weighted by atomic mass is 10.1. The molecule has 160 valence electrons. The zero-order valence-corrected chi connectivity index (χ0v) is 17.6. The van der Waals surface area contributed by atoms with Crippen molar-refractivity contribution < 1.29 is 23.9 Å². The number of para-hydroxylation sites is 3. The van der Waals surface area contributed by atoms with Gasteiger partial charge in [0.25, 0.3) is 0 Å². The minimum atomic E-state index is -0.684. The normalized spacial score (nSPS) is 10.7. The Bertz CT molecular complexity index is 906. The number of carbonyl (C=O) groups is 3. The van der Waals surface area contributed by atoms with E-state index in [1.165, 1.54) is 0 Å². The first-order valence-electron chi connectivity index (χ1n) is 9.45. The third kappa shape index (κ3) is 7.46. The number of methoxy groups -OCH3 is 1. The van der Waals surface area contributed by atoms with Crippen molar-refractivity contribution in [1.29, 1.82) is 0 Å². The third-order valence-electron chi connectivity index (χ3n) is 3.81. The summed E-state index contributed by atoms with van der Waals surface area (Å²) in [6, 6.07) is 14.1. The molecule has 0 aromatic heterocycles. The summed E-state index contributed by atoms with van der Waals surface area (Å²) in [4.78, 5) is 36.3. The molecular formula is C22H27N3O5. The Morgan fingerprint density at radius 3 is 2.03 bits per heavy atom. The highest BCUT2D eigenvalue weighted by molar-refractivity contribution is 6.01. The topological polar surface area (TPSA) is 106 Å². The van der Waals surface area contributed by atoms with Crippen molar-refractivity contribution >= 4 is 29.3 Å². The van der Waals surface area contributed by atoms with Gasteiger partial charge in [-0.3, -0.25) is 9.59 Å². The molecule has 2 rings (SSSR count). The molecule has 3 amide bonds. The molecule has 0 heterocycles. The van der Waals surface area contributed by atoms with Crippen LogP contribution < -0.4 is 20.7 Å². The molecule has 30 heavy (non-hydrogen) atoms. The molecule has 2 aromatic carbocycles. The van der Waals surface area contributed by atoms with Gasteiger partial charge in [0.15, 0.2) is 0 Å². The number of hydrogen-bond acceptors (Lipinski definition) is 5. The second-order valence-corrected chi connectivity index (χ2v) is 7.49. The van der Waals surface area contributed by atoms with Crippen molar-refractivity contribution in [3.63, 3.8) is 0 Å². The SMILES string of the molecule is COc1ccccc1CC(=O)Nc1ccccc1NC(=O)CNC(=O)OC(C)(C)C. The predicted octanol–water partition coefficient (Wildman–Crippen LogP) is 3.34. The number of ether oxygens (including phenoxy) is 2. The molecule has 0 fully saturated rings. The molecule has 0 saturated carbocycles. The van der Waals surface area contributed by atoms with Gasteiger partial charge in [-0.15, -0.1) is 0 Å². The quantitative estimate of drug-likeness (QED) is 0.646. The minimum absolute atomic E-state index is 0.118. The van der Waals surface area contributed by atoms with Crippen LogP contribution in [0.5, 0.6) is 5.75 Å². The fraction of sp³-hybridized carbons (Fsp3) is 0.318. The molecule has 0 saturated heterocycles. The van der Waals surface area contributed by atoms with E-state index in [9.17, 15) is 14.4 Å². The molecule has 8 heteroatoms. The van der Waals surface area contributed by atoms with Gasteiger partial charge in [0, 0.05) is 5.56 Å². The smallest absolute Gasteiger partial charge is 0.408 e. The van der Waals surface area contributed by atoms with Crippen LogP contribution in [0.3, 0.4) is 0 Å². The van der Waals surface area contributed by atoms with Crippen LogP contribution in [0, 0.1) is 0 Å². The first kappa shape index (κ1) is 22.7. The average Bonchev–Trinajstić information content (AvgIpc) is 2.67. The van der Waals surface area contributed by atoms with Crippen molar-refractivity contribution in [1.82, 2.24) is 5.32 Å². The number of anilines is 2. The highest BCUT2D eigenvalue weighted by Crippen LogP contribution is 2.22. The molecule has 8 nitrogen and oxygen atoms in total. The maximum Gasteiger partial charge on any atom is 0.408 e. The van der Waals surface area contributed by atoms with Gasteiger partial charge in [0.2, 0.25) is 11.8 Å². The third-order valence-corrected chi connectivity index (χ3v) is 3.81. The summed E-state index contributed by atoms with van der Waals surface area (Å²) in [7, 11) is 1.55. The first-order valence-corrected chi connectivity index (χ1v) is 9.45. The maximum absolute atomic E-state index is 12.5. The van der Waals surface area contributed by atoms with E-state index >= 15 is 0 Å². The summed E-state index contributed by atoms with van der Waals surface area (Å²) in [5, 5.41) is 7.85. The molecule has 0 radical (unpaired) electrons. The van der Waals surface area contributed by atoms with E-state index in [1.807, 2.05) is 18.2 Å². The highest BCUT2D eigenvalue weighted by atomic mass is 16.6. The molecule has 0 aliphatic heterocycles. The van der Waals surface area contributed by atoms with Crippen LogP contribution in [-0.2, 0) is 20.7 Å². The van der Waals surface area contributed by atoms with E-state index in [1.54, 1.807) is 58.2 Å². The number of benzene rings is 2. The summed E-state index contributed by atoms with van der Waals surface area (Å²) in [5.41, 5.74) is 0.962. The summed E-state index contributed by atoms with van der Waals surface area (Å²) >= 11 is 0. The Morgan fingerprint density at radius 2 is 1.43 bits per heavy atom. The summed E-state index contributed by atoms with van der Waals surface area (Å²) in [6.07, 6.45) is -0.567. The van der Waals surface area contributed by atoms with Crippen LogP contribution in [0.25, 0.3) is 0 Å². The first-order chi connectivity index (χ1) is 14.2. The van der Waals surface area contributed by atoms with Gasteiger partial charge in [0.1, 0.15) is 17.9 Å². The van der Waals surface area contributed by atoms with Crippen molar-refractivity contribution in [3.8, 4) is 5.75 Å². The van der Waals surface area contributed by atoms with Gasteiger partial charge < -0.3 is 25.4 Å². The standard InChI is InChI=1S/C22H27N3O5/c1-22(2,3)30-21(28)23-14-20(27)25-17-11-7-6-10-16(17)24-19(26)13-15-9-5-8-12-18(15)29-4/h5-12H,13-14H2,1-4H3,(H,23,28)(H,24,26)(H,25,27). The van der Waals surface area contributed by atoms with E-state index < -0.39 is 17.6 Å². The Labute approximate surface area is 175 Å². The van der Waals surface area contributed by atoms with Crippen molar-refractivity contribution in [2.24, 2.45) is 0 Å². The Kier molecular flexibility index (Phi) is 7.80. The predicted molar refractivity (Wildman–Crippen MR) is 115 cm³/mol. The Morgan fingerprint density at radius 1 is 0.867 bits per heavy atom. The monoisotopic (exact) mass is 413 g/mol. The molecule has 2 aromatic rings. The number of carbonyl (C=O) groups excluding carboxylic acids is 3. The van der Waals surface area contributed by atoms with Crippen LogP contribution in [0.15, 0.2) is 48.5 Å². The lowest BCUT2D eigenvalue weighted by molar-refractivity contribution is -0.116. The fourth-order valence-electron chi connectivity index (χ4n) is 2.58. The van der Waals surface area contributed by atoms with E-state index in [-0.39, 0.29) is 18.9 Å². The lowest BCUT2D eigenvalue weighted by Crippen LogP contribution is -2.37. The van der Waals surface area contributed by atoms with Gasteiger partial charge >= 0.3 is 6.09 Å². The summed E-state index contributed by atoms with van der Waals surface area (Å²) in [5.74, 6) is -0.0807. The van der Waals surface area contributed by atoms with Crippen LogP contribution >= 0.6 is 0 Å². The minimum Gasteiger partial charge on any atom is -0.496 e. The van der Waals surface area contributed by atoms with Crippen LogP contribution in [-0.4, -0.2) is 37.2 Å². The Hall–Kier alpha value is -3.55. The van der Waals surface area contributed by atoms with Gasteiger partial charge in [-0.2, -0.15) is 0 Å². The number of alkyl carbamates (subject to hydrolysis) is 1. The largest absolute Gasteiger partial charge is 0.496 e. The molecule has 0 atom stereocenters. The highest BCUT2D eigenvalue weighted by Gasteiger charge is 2.17. The molecule has 3 N–H and O–H groups in total. The average molecular weight is 413 g/mol. The van der Waals surface area contributed by atoms with Crippen LogP contribution in [0.2, 0.25) is 0 Å². The van der Waals surface area contributed by atoms with Gasteiger partial charge in [-0.05, 0) is 39.0 Å². The van der Waals surface area contributed by atoms with Crippen molar-refractivity contribution in [2.75, 3.05) is 24.3 Å². The number of hydrogen-bond donors (Lipinski definition) is 3. The van der Waals surface area contributed by atoms with Crippen molar-refractivity contribution in [3.05, 3.63) is 54.1 Å². The molecule has 0 unspecified atom stereocenters. The van der Waals surface area contributed by atoms with E-state index in [2.05, 4.69) is 16.0 Å². The second kappa shape index (κ2) is 10.3. The molecule has 0 bridgehead atoms. The van der Waals surface area contributed by atoms with Crippen LogP contribution in [0.1, 0.15) is 26.3 Å². The van der Waals surface area contributed by atoms with Gasteiger partial charge in [-0.1, -0.05) is 30.3 Å². The number of rotatable bonds is 7. The zero-order chi connectivity index (χ0) is 22.1. The van der Waals surface area contributed by atoms with Crippen molar-refractivity contribution in [2.45, 2.75) is 32.8 Å². The van der Waals surface area contributed by atoms with Gasteiger partial charge in [0.05, 0.1) is 24.9 Å². The fourth-order valence-corrected chi connectivity index (χ4v) is 2.58. The molecule has 0 aliphatic carbocycles. The zero-order valence-electron chi connectivity index (χ0n) is 17.6. The Balaban J connectivity index is 1.96. The van der Waals surface area contributed by atoms with E-state index in [0.717, 1.165) is 5.56 Å². The van der Waals surface area contributed by atoms with Crippen LogP contribution in [0.4, 0.5) is 16.2 Å². The van der Waals surface area contributed by atoms with E-state index in [4.69, 9.17) is 9.47 Å². The van der Waals surface area contributed by atoms with E-state index in [0.29, 0.717) is 17.1 Å². The molecule has 0 spiro atoms. The maximum atomic E-state index is 12.5. The summed E-state index contributed by atoms with van der Waals surface area (Å²) in [6.45, 7) is 4.93. The summed E-state index contributed by atoms with van der Waals surface area (Å²) < 4.78 is 10.4. The number of amides is 3. The second-order valence-electron chi connectivity index (χ2n) is 7.49. The molecular weight excluding hydrogens is 386 g/mol.